The number of hydrazone groups is 1. The number of carboxylic acids is 1. The molecule has 5 nitrogen and oxygen atoms in total. The van der Waals surface area contributed by atoms with Gasteiger partial charge >= 0.3 is 5.97 Å². The van der Waals surface area contributed by atoms with Crippen molar-refractivity contribution in [2.75, 3.05) is 0 Å². The Morgan fingerprint density at radius 3 is 2.15 bits per heavy atom. The van der Waals surface area contributed by atoms with Crippen LogP contribution in [0.4, 0.5) is 0 Å². The van der Waals surface area contributed by atoms with Crippen molar-refractivity contribution in [3.8, 4) is 0 Å². The summed E-state index contributed by atoms with van der Waals surface area (Å²) in [5.41, 5.74) is 5.15. The van der Waals surface area contributed by atoms with Crippen molar-refractivity contribution in [3.63, 3.8) is 0 Å². The van der Waals surface area contributed by atoms with Crippen molar-refractivity contribution in [2.45, 2.75) is 39.2 Å². The Kier molecular flexibility index (Phi) is 5.16. The van der Waals surface area contributed by atoms with E-state index in [-0.39, 0.29) is 24.8 Å². The molecule has 1 heterocycles. The average molecular weight is 350 g/mol. The molecule has 0 fully saturated rings. The second-order valence-corrected chi connectivity index (χ2v) is 6.68. The van der Waals surface area contributed by atoms with E-state index in [4.69, 9.17) is 5.11 Å². The van der Waals surface area contributed by atoms with Gasteiger partial charge in [0.05, 0.1) is 18.2 Å². The van der Waals surface area contributed by atoms with Crippen molar-refractivity contribution in [1.29, 1.82) is 0 Å². The van der Waals surface area contributed by atoms with E-state index in [1.807, 2.05) is 62.4 Å². The molecular weight excluding hydrogens is 328 g/mol. The van der Waals surface area contributed by atoms with Crippen LogP contribution < -0.4 is 0 Å². The maximum atomic E-state index is 12.6. The topological polar surface area (TPSA) is 70.0 Å². The first-order valence-electron chi connectivity index (χ1n) is 8.69. The summed E-state index contributed by atoms with van der Waals surface area (Å²) in [7, 11) is 0. The predicted molar refractivity (Wildman–Crippen MR) is 100.0 cm³/mol. The maximum absolute atomic E-state index is 12.6. The lowest BCUT2D eigenvalue weighted by atomic mass is 9.97. The van der Waals surface area contributed by atoms with Crippen molar-refractivity contribution >= 4 is 17.6 Å². The zero-order valence-corrected chi connectivity index (χ0v) is 15.0. The number of benzene rings is 2. The molecule has 0 unspecified atom stereocenters. The lowest BCUT2D eigenvalue weighted by Crippen LogP contribution is -2.27. The van der Waals surface area contributed by atoms with Crippen molar-refractivity contribution in [3.05, 3.63) is 70.8 Å². The maximum Gasteiger partial charge on any atom is 0.303 e. The van der Waals surface area contributed by atoms with Gasteiger partial charge in [-0.1, -0.05) is 59.7 Å². The Balaban J connectivity index is 1.89. The summed E-state index contributed by atoms with van der Waals surface area (Å²) in [6.07, 6.45) is 0.374. The molecule has 5 heteroatoms. The lowest BCUT2D eigenvalue weighted by molar-refractivity contribution is -0.141. The Morgan fingerprint density at radius 2 is 1.58 bits per heavy atom. The third-order valence-electron chi connectivity index (χ3n) is 4.57. The smallest absolute Gasteiger partial charge is 0.303 e. The van der Waals surface area contributed by atoms with Gasteiger partial charge in [-0.05, 0) is 25.0 Å². The minimum Gasteiger partial charge on any atom is -0.481 e. The van der Waals surface area contributed by atoms with Crippen molar-refractivity contribution in [2.24, 2.45) is 5.10 Å². The molecule has 0 aromatic heterocycles. The number of hydrogen-bond donors (Lipinski definition) is 1. The van der Waals surface area contributed by atoms with Crippen LogP contribution >= 0.6 is 0 Å². The number of amides is 1. The van der Waals surface area contributed by atoms with Gasteiger partial charge < -0.3 is 5.11 Å². The molecular formula is C21H22N2O3. The minimum absolute atomic E-state index is 0.0532. The molecule has 0 bridgehead atoms. The molecule has 2 aromatic carbocycles. The van der Waals surface area contributed by atoms with Crippen LogP contribution in [0.25, 0.3) is 0 Å². The molecule has 1 aliphatic rings. The van der Waals surface area contributed by atoms with E-state index in [0.717, 1.165) is 28.0 Å². The van der Waals surface area contributed by atoms with Gasteiger partial charge in [-0.15, -0.1) is 0 Å². The molecule has 0 saturated heterocycles. The first-order chi connectivity index (χ1) is 12.4. The fourth-order valence-corrected chi connectivity index (χ4v) is 3.04. The largest absolute Gasteiger partial charge is 0.481 e. The zero-order chi connectivity index (χ0) is 18.7. The summed E-state index contributed by atoms with van der Waals surface area (Å²) < 4.78 is 0. The van der Waals surface area contributed by atoms with Crippen LogP contribution in [0.15, 0.2) is 53.6 Å². The molecule has 26 heavy (non-hydrogen) atoms. The van der Waals surface area contributed by atoms with Gasteiger partial charge in [0.1, 0.15) is 0 Å². The quantitative estimate of drug-likeness (QED) is 0.890. The van der Waals surface area contributed by atoms with Crippen molar-refractivity contribution in [1.82, 2.24) is 5.01 Å². The summed E-state index contributed by atoms with van der Waals surface area (Å²) in [6, 6.07) is 15.9. The van der Waals surface area contributed by atoms with Crippen LogP contribution in [-0.2, 0) is 9.59 Å². The van der Waals surface area contributed by atoms with Crippen LogP contribution in [0, 0.1) is 13.8 Å². The zero-order valence-electron chi connectivity index (χ0n) is 15.0. The highest BCUT2D eigenvalue weighted by atomic mass is 16.4. The second kappa shape index (κ2) is 7.52. The molecule has 0 radical (unpaired) electrons. The third kappa shape index (κ3) is 3.99. The van der Waals surface area contributed by atoms with Crippen LogP contribution in [0.1, 0.15) is 47.6 Å². The molecule has 2 aromatic rings. The average Bonchev–Trinajstić information content (AvgIpc) is 3.06. The number of carbonyl (C=O) groups is 2. The highest BCUT2D eigenvalue weighted by Gasteiger charge is 2.32. The fraction of sp³-hybridized carbons (Fsp3) is 0.286. The molecule has 1 amide bonds. The van der Waals surface area contributed by atoms with Crippen LogP contribution in [0.5, 0.6) is 0 Å². The van der Waals surface area contributed by atoms with Gasteiger partial charge in [-0.25, -0.2) is 5.01 Å². The van der Waals surface area contributed by atoms with E-state index >= 15 is 0 Å². The highest BCUT2D eigenvalue weighted by molar-refractivity contribution is 6.03. The van der Waals surface area contributed by atoms with Crippen LogP contribution in [0.3, 0.4) is 0 Å². The molecule has 1 atom stereocenters. The number of carbonyl (C=O) groups excluding carboxylic acids is 1. The predicted octanol–water partition coefficient (Wildman–Crippen LogP) is 3.85. The van der Waals surface area contributed by atoms with E-state index in [1.54, 1.807) is 0 Å². The van der Waals surface area contributed by atoms with E-state index in [1.165, 1.54) is 5.01 Å². The highest BCUT2D eigenvalue weighted by Crippen LogP contribution is 2.33. The van der Waals surface area contributed by atoms with Gasteiger partial charge in [-0.3, -0.25) is 9.59 Å². The Labute approximate surface area is 153 Å². The summed E-state index contributed by atoms with van der Waals surface area (Å²) in [5.74, 6) is -1.24. The summed E-state index contributed by atoms with van der Waals surface area (Å²) >= 11 is 0. The molecule has 134 valence electrons. The normalized spacial score (nSPS) is 16.5. The second-order valence-electron chi connectivity index (χ2n) is 6.68. The van der Waals surface area contributed by atoms with Gasteiger partial charge in [0.25, 0.3) is 0 Å². The van der Waals surface area contributed by atoms with E-state index < -0.39 is 5.97 Å². The molecule has 3 rings (SSSR count). The van der Waals surface area contributed by atoms with Gasteiger partial charge in [-0.2, -0.15) is 5.10 Å². The Morgan fingerprint density at radius 1 is 1.00 bits per heavy atom. The van der Waals surface area contributed by atoms with Gasteiger partial charge in [0.15, 0.2) is 0 Å². The summed E-state index contributed by atoms with van der Waals surface area (Å²) in [5, 5.41) is 14.9. The summed E-state index contributed by atoms with van der Waals surface area (Å²) in [4.78, 5) is 23.4. The van der Waals surface area contributed by atoms with Crippen LogP contribution in [0.2, 0.25) is 0 Å². The molecule has 0 aliphatic carbocycles. The number of carboxylic acid groups (broad SMARTS) is 1. The number of aliphatic carboxylic acids is 1. The molecule has 0 spiro atoms. The van der Waals surface area contributed by atoms with Gasteiger partial charge in [0, 0.05) is 12.8 Å². The third-order valence-corrected chi connectivity index (χ3v) is 4.57. The minimum atomic E-state index is -0.979. The lowest BCUT2D eigenvalue weighted by Gasteiger charge is -2.22. The van der Waals surface area contributed by atoms with Crippen molar-refractivity contribution < 1.29 is 14.7 Å². The Hall–Kier alpha value is -2.95. The van der Waals surface area contributed by atoms with Gasteiger partial charge in [0.2, 0.25) is 5.91 Å². The molecule has 1 aliphatic heterocycles. The molecule has 1 N–H and O–H groups in total. The monoisotopic (exact) mass is 350 g/mol. The molecule has 0 saturated carbocycles. The standard InChI is InChI=1S/C21H22N2O3/c1-14-3-7-16(8-4-14)18-13-19(17-9-5-15(2)6-10-17)23(22-18)20(24)11-12-21(25)26/h3-10,19H,11-13H2,1-2H3,(H,25,26)/t19-/m1/s1. The van der Waals surface area contributed by atoms with E-state index in [0.29, 0.717) is 6.42 Å². The summed E-state index contributed by atoms with van der Waals surface area (Å²) in [6.45, 7) is 4.04. The number of aryl methyl sites for hydroxylation is 2. The van der Waals surface area contributed by atoms with Crippen LogP contribution in [-0.4, -0.2) is 27.7 Å². The number of nitrogens with zero attached hydrogens (tertiary/aromatic N) is 2. The van der Waals surface area contributed by atoms with E-state index in [9.17, 15) is 9.59 Å². The van der Waals surface area contributed by atoms with E-state index in [2.05, 4.69) is 5.10 Å². The Bertz CT molecular complexity index is 839. The first kappa shape index (κ1) is 17.9. The number of hydrogen-bond acceptors (Lipinski definition) is 3. The fourth-order valence-electron chi connectivity index (χ4n) is 3.04. The first-order valence-corrected chi connectivity index (χ1v) is 8.69. The SMILES string of the molecule is Cc1ccc(C2=NN(C(=O)CCC(=O)O)[C@@H](c3ccc(C)cc3)C2)cc1. The number of rotatable bonds is 5.